The average Bonchev–Trinajstić information content (AvgIpc) is 3.15. The van der Waals surface area contributed by atoms with Gasteiger partial charge in [0.05, 0.1) is 24.5 Å². The van der Waals surface area contributed by atoms with Gasteiger partial charge >= 0.3 is 6.18 Å². The Labute approximate surface area is 184 Å². The van der Waals surface area contributed by atoms with Gasteiger partial charge in [-0.2, -0.15) is 13.2 Å². The molecule has 0 spiro atoms. The molecule has 0 saturated carbocycles. The van der Waals surface area contributed by atoms with Crippen LogP contribution in [0.4, 0.5) is 13.2 Å². The van der Waals surface area contributed by atoms with Crippen LogP contribution in [0.5, 0.6) is 0 Å². The van der Waals surface area contributed by atoms with Crippen molar-refractivity contribution in [2.24, 2.45) is 5.16 Å². The first-order valence-corrected chi connectivity index (χ1v) is 10.2. The van der Waals surface area contributed by atoms with Gasteiger partial charge in [-0.3, -0.25) is 9.20 Å². The van der Waals surface area contributed by atoms with E-state index in [9.17, 15) is 18.0 Å². The van der Waals surface area contributed by atoms with E-state index in [1.54, 1.807) is 24.5 Å². The summed E-state index contributed by atoms with van der Waals surface area (Å²) in [6.45, 7) is 1.27. The molecule has 6 nitrogen and oxygen atoms in total. The monoisotopic (exact) mass is 446 g/mol. The van der Waals surface area contributed by atoms with E-state index in [0.29, 0.717) is 17.8 Å². The SMILES string of the molecule is CN(C)CCON=Cc1ccn2c(-c3cccc(CC(=O)CCC(F)(F)F)c3)cnc2c1. The zero-order valence-corrected chi connectivity index (χ0v) is 18.0. The third kappa shape index (κ3) is 6.91. The van der Waals surface area contributed by atoms with Crippen LogP contribution in [0.25, 0.3) is 16.9 Å². The fraction of sp³-hybridized carbons (Fsp3) is 0.348. The topological polar surface area (TPSA) is 59.2 Å². The molecule has 0 saturated heterocycles. The lowest BCUT2D eigenvalue weighted by Crippen LogP contribution is -2.16. The molecule has 2 aromatic heterocycles. The maximum Gasteiger partial charge on any atom is 0.389 e. The van der Waals surface area contributed by atoms with Gasteiger partial charge in [-0.25, -0.2) is 4.98 Å². The molecule has 3 rings (SSSR count). The summed E-state index contributed by atoms with van der Waals surface area (Å²) in [6.07, 6.45) is -0.756. The second-order valence-electron chi connectivity index (χ2n) is 7.73. The number of aromatic nitrogens is 2. The first kappa shape index (κ1) is 23.5. The molecule has 32 heavy (non-hydrogen) atoms. The largest absolute Gasteiger partial charge is 0.394 e. The van der Waals surface area contributed by atoms with E-state index < -0.39 is 24.8 Å². The summed E-state index contributed by atoms with van der Waals surface area (Å²) in [5.41, 5.74) is 3.86. The van der Waals surface area contributed by atoms with Crippen molar-refractivity contribution in [3.63, 3.8) is 0 Å². The number of halogens is 3. The molecule has 0 amide bonds. The van der Waals surface area contributed by atoms with Crippen LogP contribution in [-0.4, -0.2) is 59.7 Å². The quantitative estimate of drug-likeness (QED) is 0.264. The third-order valence-electron chi connectivity index (χ3n) is 4.75. The molecule has 0 radical (unpaired) electrons. The van der Waals surface area contributed by atoms with Crippen molar-refractivity contribution in [3.8, 4) is 11.3 Å². The van der Waals surface area contributed by atoms with Crippen LogP contribution < -0.4 is 0 Å². The Balaban J connectivity index is 1.69. The fourth-order valence-corrected chi connectivity index (χ4v) is 3.10. The Bertz CT molecular complexity index is 1090. The number of imidazole rings is 1. The number of carbonyl (C=O) groups excluding carboxylic acids is 1. The normalized spacial score (nSPS) is 12.2. The summed E-state index contributed by atoms with van der Waals surface area (Å²) in [4.78, 5) is 23.6. The highest BCUT2D eigenvalue weighted by molar-refractivity contribution is 5.82. The first-order chi connectivity index (χ1) is 15.2. The molecule has 0 bridgehead atoms. The van der Waals surface area contributed by atoms with Crippen molar-refractivity contribution >= 4 is 17.6 Å². The lowest BCUT2D eigenvalue weighted by Gasteiger charge is -2.07. The predicted molar refractivity (Wildman–Crippen MR) is 117 cm³/mol. The van der Waals surface area contributed by atoms with Crippen molar-refractivity contribution < 1.29 is 22.8 Å². The van der Waals surface area contributed by atoms with Crippen LogP contribution in [0, 0.1) is 0 Å². The zero-order chi connectivity index (χ0) is 23.1. The number of hydrogen-bond acceptors (Lipinski definition) is 5. The van der Waals surface area contributed by atoms with E-state index in [2.05, 4.69) is 10.1 Å². The van der Waals surface area contributed by atoms with Crippen molar-refractivity contribution in [3.05, 3.63) is 59.9 Å². The second-order valence-corrected chi connectivity index (χ2v) is 7.73. The molecule has 0 atom stereocenters. The Kier molecular flexibility index (Phi) is 7.63. The number of ketones is 1. The molecule has 0 fully saturated rings. The maximum atomic E-state index is 12.3. The van der Waals surface area contributed by atoms with Gasteiger partial charge in [0.1, 0.15) is 18.0 Å². The minimum atomic E-state index is -4.32. The van der Waals surface area contributed by atoms with Gasteiger partial charge in [0.2, 0.25) is 0 Å². The highest BCUT2D eigenvalue weighted by atomic mass is 19.4. The van der Waals surface area contributed by atoms with Gasteiger partial charge in [-0.1, -0.05) is 23.4 Å². The molecule has 1 aromatic carbocycles. The van der Waals surface area contributed by atoms with E-state index in [1.165, 1.54) is 0 Å². The van der Waals surface area contributed by atoms with Crippen LogP contribution >= 0.6 is 0 Å². The molecule has 0 aliphatic carbocycles. The van der Waals surface area contributed by atoms with Gasteiger partial charge < -0.3 is 9.74 Å². The number of oxime groups is 1. The second kappa shape index (κ2) is 10.4. The summed E-state index contributed by atoms with van der Waals surface area (Å²) in [5.74, 6) is -0.436. The van der Waals surface area contributed by atoms with E-state index in [4.69, 9.17) is 4.84 Å². The highest BCUT2D eigenvalue weighted by Crippen LogP contribution is 2.24. The van der Waals surface area contributed by atoms with E-state index >= 15 is 0 Å². The van der Waals surface area contributed by atoms with E-state index in [0.717, 1.165) is 23.4 Å². The lowest BCUT2D eigenvalue weighted by molar-refractivity contribution is -0.143. The zero-order valence-electron chi connectivity index (χ0n) is 18.0. The van der Waals surface area contributed by atoms with Crippen LogP contribution in [-0.2, 0) is 16.1 Å². The van der Waals surface area contributed by atoms with E-state index in [-0.39, 0.29) is 6.42 Å². The summed E-state index contributed by atoms with van der Waals surface area (Å²) >= 11 is 0. The number of pyridine rings is 1. The number of rotatable bonds is 10. The number of Topliss-reactive ketones (excluding diaryl/α,β-unsaturated/α-hetero) is 1. The van der Waals surface area contributed by atoms with Gasteiger partial charge in [0.25, 0.3) is 0 Å². The van der Waals surface area contributed by atoms with Crippen LogP contribution in [0.3, 0.4) is 0 Å². The molecule has 0 aliphatic heterocycles. The molecule has 0 aliphatic rings. The average molecular weight is 446 g/mol. The molecule has 170 valence electrons. The summed E-state index contributed by atoms with van der Waals surface area (Å²) in [7, 11) is 3.91. The molecule has 0 unspecified atom stereocenters. The van der Waals surface area contributed by atoms with E-state index in [1.807, 2.05) is 53.9 Å². The van der Waals surface area contributed by atoms with Gasteiger partial charge in [0.15, 0.2) is 0 Å². The smallest absolute Gasteiger partial charge is 0.389 e. The molecular weight excluding hydrogens is 421 g/mol. The predicted octanol–water partition coefficient (Wildman–Crippen LogP) is 4.37. The van der Waals surface area contributed by atoms with Crippen molar-refractivity contribution in [1.29, 1.82) is 0 Å². The third-order valence-corrected chi connectivity index (χ3v) is 4.75. The van der Waals surface area contributed by atoms with Crippen molar-refractivity contribution in [1.82, 2.24) is 14.3 Å². The van der Waals surface area contributed by atoms with Crippen molar-refractivity contribution in [2.75, 3.05) is 27.2 Å². The molecule has 2 heterocycles. The lowest BCUT2D eigenvalue weighted by atomic mass is 10.0. The van der Waals surface area contributed by atoms with Gasteiger partial charge in [0, 0.05) is 36.7 Å². The Morgan fingerprint density at radius 3 is 2.81 bits per heavy atom. The Morgan fingerprint density at radius 1 is 1.25 bits per heavy atom. The van der Waals surface area contributed by atoms with Crippen LogP contribution in [0.15, 0.2) is 53.9 Å². The molecular formula is C23H25F3N4O2. The molecule has 9 heteroatoms. The number of benzene rings is 1. The first-order valence-electron chi connectivity index (χ1n) is 10.2. The van der Waals surface area contributed by atoms with Crippen LogP contribution in [0.2, 0.25) is 0 Å². The maximum absolute atomic E-state index is 12.3. The number of fused-ring (bicyclic) bond motifs is 1. The fourth-order valence-electron chi connectivity index (χ4n) is 3.10. The number of carbonyl (C=O) groups is 1. The number of likely N-dealkylation sites (N-methyl/N-ethyl adjacent to an activating group) is 1. The summed E-state index contributed by atoms with van der Waals surface area (Å²) in [6, 6.07) is 11.0. The Morgan fingerprint density at radius 2 is 2.06 bits per heavy atom. The highest BCUT2D eigenvalue weighted by Gasteiger charge is 2.27. The Hall–Kier alpha value is -3.20. The molecule has 3 aromatic rings. The number of hydrogen-bond donors (Lipinski definition) is 0. The molecule has 0 N–H and O–H groups in total. The van der Waals surface area contributed by atoms with Crippen molar-refractivity contribution in [2.45, 2.75) is 25.4 Å². The minimum absolute atomic E-state index is 0.0326. The number of nitrogens with zero attached hydrogens (tertiary/aromatic N) is 4. The standard InChI is InChI=1S/C23H25F3N4O2/c1-29(2)10-11-32-28-15-18-7-9-30-21(16-27-22(30)14-18)19-5-3-4-17(12-19)13-20(31)6-8-23(24,25)26/h3-5,7,9,12,14-16H,6,8,10-11,13H2,1-2H3. The van der Waals surface area contributed by atoms with Gasteiger partial charge in [-0.15, -0.1) is 0 Å². The van der Waals surface area contributed by atoms with Crippen LogP contribution in [0.1, 0.15) is 24.0 Å². The van der Waals surface area contributed by atoms with Gasteiger partial charge in [-0.05, 0) is 37.9 Å². The minimum Gasteiger partial charge on any atom is -0.394 e. The summed E-state index contributed by atoms with van der Waals surface area (Å²) in [5, 5.41) is 3.96. The number of alkyl halides is 3. The summed E-state index contributed by atoms with van der Waals surface area (Å²) < 4.78 is 38.9.